The molecule has 33 heavy (non-hydrogen) atoms. The van der Waals surface area contributed by atoms with Crippen LogP contribution in [0.1, 0.15) is 6.92 Å². The van der Waals surface area contributed by atoms with Gasteiger partial charge in [-0.05, 0) is 30.2 Å². The van der Waals surface area contributed by atoms with Gasteiger partial charge in [-0.1, -0.05) is 72.8 Å². The van der Waals surface area contributed by atoms with Crippen molar-refractivity contribution in [3.05, 3.63) is 90.3 Å². The first-order chi connectivity index (χ1) is 16.1. The van der Waals surface area contributed by atoms with Gasteiger partial charge in [-0.15, -0.1) is 11.3 Å². The number of carbonyl (C=O) groups excluding carboxylic acids is 2. The summed E-state index contributed by atoms with van der Waals surface area (Å²) in [6, 6.07) is 27.2. The molecule has 0 aliphatic heterocycles. The monoisotopic (exact) mass is 458 g/mol. The molecule has 1 unspecified atom stereocenters. The number of anilines is 1. The second kappa shape index (κ2) is 10.6. The number of carbonyl (C=O) groups is 2. The normalized spacial score (nSPS) is 11.4. The Labute approximate surface area is 195 Å². The summed E-state index contributed by atoms with van der Waals surface area (Å²) in [6.45, 7) is 1.16. The molecular formula is C26H22N2O4S. The highest BCUT2D eigenvalue weighted by molar-refractivity contribution is 7.14. The van der Waals surface area contributed by atoms with Crippen LogP contribution < -0.4 is 10.1 Å². The average Bonchev–Trinajstić information content (AvgIpc) is 3.32. The Balaban J connectivity index is 1.28. The lowest BCUT2D eigenvalue weighted by molar-refractivity contribution is -0.153. The Hall–Kier alpha value is -3.97. The molecule has 1 atom stereocenters. The molecule has 4 rings (SSSR count). The zero-order valence-electron chi connectivity index (χ0n) is 17.9. The lowest BCUT2D eigenvalue weighted by atomic mass is 10.0. The predicted octanol–water partition coefficient (Wildman–Crippen LogP) is 5.43. The molecular weight excluding hydrogens is 436 g/mol. The highest BCUT2D eigenvalue weighted by atomic mass is 32.1. The van der Waals surface area contributed by atoms with Crippen LogP contribution in [0.5, 0.6) is 5.75 Å². The van der Waals surface area contributed by atoms with Crippen LogP contribution in [0.3, 0.4) is 0 Å². The Kier molecular flexibility index (Phi) is 7.12. The Morgan fingerprint density at radius 1 is 0.879 bits per heavy atom. The van der Waals surface area contributed by atoms with Gasteiger partial charge in [-0.2, -0.15) is 0 Å². The molecule has 166 valence electrons. The van der Waals surface area contributed by atoms with E-state index in [0.717, 1.165) is 22.4 Å². The third-order valence-electron chi connectivity index (χ3n) is 4.77. The molecule has 6 nitrogen and oxygen atoms in total. The smallest absolute Gasteiger partial charge is 0.347 e. The number of para-hydroxylation sites is 1. The number of benzene rings is 3. The minimum absolute atomic E-state index is 0.415. The van der Waals surface area contributed by atoms with E-state index in [0.29, 0.717) is 10.9 Å². The van der Waals surface area contributed by atoms with Gasteiger partial charge in [0.2, 0.25) is 0 Å². The van der Waals surface area contributed by atoms with Gasteiger partial charge in [0.15, 0.2) is 17.8 Å². The van der Waals surface area contributed by atoms with E-state index in [-0.39, 0.29) is 0 Å². The van der Waals surface area contributed by atoms with Crippen LogP contribution >= 0.6 is 11.3 Å². The minimum atomic E-state index is -0.828. The molecule has 0 spiro atoms. The molecule has 1 N–H and O–H groups in total. The number of amides is 1. The minimum Gasteiger partial charge on any atom is -0.479 e. The number of aromatic nitrogens is 1. The van der Waals surface area contributed by atoms with Crippen LogP contribution in [0.4, 0.5) is 5.13 Å². The lowest BCUT2D eigenvalue weighted by Crippen LogP contribution is -2.29. The lowest BCUT2D eigenvalue weighted by Gasteiger charge is -2.13. The maximum Gasteiger partial charge on any atom is 0.347 e. The number of hydrogen-bond acceptors (Lipinski definition) is 6. The molecule has 0 fully saturated rings. The second-order valence-electron chi connectivity index (χ2n) is 7.21. The van der Waals surface area contributed by atoms with Crippen LogP contribution in [0.2, 0.25) is 0 Å². The highest BCUT2D eigenvalue weighted by Crippen LogP contribution is 2.27. The zero-order valence-corrected chi connectivity index (χ0v) is 18.7. The van der Waals surface area contributed by atoms with Crippen molar-refractivity contribution >= 4 is 28.3 Å². The summed E-state index contributed by atoms with van der Waals surface area (Å²) in [5.41, 5.74) is 3.98. The summed E-state index contributed by atoms with van der Waals surface area (Å²) < 4.78 is 10.6. The molecule has 0 saturated carbocycles. The molecule has 1 heterocycles. The van der Waals surface area contributed by atoms with Crippen LogP contribution in [0.15, 0.2) is 90.3 Å². The van der Waals surface area contributed by atoms with Gasteiger partial charge in [0.25, 0.3) is 5.91 Å². The largest absolute Gasteiger partial charge is 0.479 e. The Morgan fingerprint density at radius 3 is 2.18 bits per heavy atom. The molecule has 4 aromatic rings. The summed E-state index contributed by atoms with van der Waals surface area (Å²) >= 11 is 1.31. The molecule has 7 heteroatoms. The molecule has 3 aromatic carbocycles. The third kappa shape index (κ3) is 6.05. The van der Waals surface area contributed by atoms with Crippen LogP contribution in [0, 0.1) is 0 Å². The van der Waals surface area contributed by atoms with Crippen molar-refractivity contribution in [1.82, 2.24) is 4.98 Å². The van der Waals surface area contributed by atoms with Crippen LogP contribution in [0.25, 0.3) is 22.4 Å². The van der Waals surface area contributed by atoms with E-state index < -0.39 is 24.6 Å². The summed E-state index contributed by atoms with van der Waals surface area (Å²) in [5, 5.41) is 4.97. The maximum absolute atomic E-state index is 12.2. The van der Waals surface area contributed by atoms with Crippen molar-refractivity contribution in [3.8, 4) is 28.1 Å². The van der Waals surface area contributed by atoms with E-state index in [1.165, 1.54) is 11.3 Å². The van der Waals surface area contributed by atoms with Gasteiger partial charge in [-0.3, -0.25) is 10.1 Å². The molecule has 0 saturated heterocycles. The van der Waals surface area contributed by atoms with Gasteiger partial charge in [-0.25, -0.2) is 9.78 Å². The first-order valence-electron chi connectivity index (χ1n) is 10.4. The third-order valence-corrected chi connectivity index (χ3v) is 5.53. The zero-order chi connectivity index (χ0) is 23.0. The Bertz CT molecular complexity index is 1210. The molecule has 0 bridgehead atoms. The number of nitrogens with one attached hydrogen (secondary N) is 1. The van der Waals surface area contributed by atoms with Crippen molar-refractivity contribution in [2.24, 2.45) is 0 Å². The number of esters is 1. The number of thiazole rings is 1. The van der Waals surface area contributed by atoms with Gasteiger partial charge in [0.05, 0.1) is 5.69 Å². The molecule has 1 amide bonds. The average molecular weight is 459 g/mol. The standard InChI is InChI=1S/C26H22N2O4S/c1-18(32-22-10-6-3-7-11-22)25(30)31-16-24(29)28-26-27-23(17-33-26)21-14-12-20(13-15-21)19-8-4-2-5-9-19/h2-15,17-18H,16H2,1H3,(H,27,28,29). The van der Waals surface area contributed by atoms with E-state index in [4.69, 9.17) is 9.47 Å². The maximum atomic E-state index is 12.2. The van der Waals surface area contributed by atoms with Crippen LogP contribution in [-0.2, 0) is 14.3 Å². The fourth-order valence-corrected chi connectivity index (χ4v) is 3.82. The summed E-state index contributed by atoms with van der Waals surface area (Å²) in [5.74, 6) is -0.526. The van der Waals surface area contributed by atoms with Crippen molar-refractivity contribution in [3.63, 3.8) is 0 Å². The Morgan fingerprint density at radius 2 is 1.48 bits per heavy atom. The predicted molar refractivity (Wildman–Crippen MR) is 129 cm³/mol. The highest BCUT2D eigenvalue weighted by Gasteiger charge is 2.18. The quantitative estimate of drug-likeness (QED) is 0.357. The van der Waals surface area contributed by atoms with E-state index in [9.17, 15) is 9.59 Å². The molecule has 0 aliphatic rings. The SMILES string of the molecule is CC(Oc1ccccc1)C(=O)OCC(=O)Nc1nc(-c2ccc(-c3ccccc3)cc2)cs1. The summed E-state index contributed by atoms with van der Waals surface area (Å²) in [7, 11) is 0. The number of ether oxygens (including phenoxy) is 2. The van der Waals surface area contributed by atoms with Gasteiger partial charge in [0, 0.05) is 10.9 Å². The first kappa shape index (κ1) is 22.2. The molecule has 0 aliphatic carbocycles. The molecule has 0 radical (unpaired) electrons. The number of hydrogen-bond donors (Lipinski definition) is 1. The number of rotatable bonds is 8. The van der Waals surface area contributed by atoms with Crippen molar-refractivity contribution in [2.45, 2.75) is 13.0 Å². The van der Waals surface area contributed by atoms with E-state index >= 15 is 0 Å². The van der Waals surface area contributed by atoms with E-state index in [1.807, 2.05) is 53.9 Å². The fraction of sp³-hybridized carbons (Fsp3) is 0.115. The number of nitrogens with zero attached hydrogens (tertiary/aromatic N) is 1. The second-order valence-corrected chi connectivity index (χ2v) is 8.07. The molecule has 1 aromatic heterocycles. The topological polar surface area (TPSA) is 77.5 Å². The van der Waals surface area contributed by atoms with E-state index in [2.05, 4.69) is 22.4 Å². The van der Waals surface area contributed by atoms with Crippen molar-refractivity contribution in [2.75, 3.05) is 11.9 Å². The van der Waals surface area contributed by atoms with E-state index in [1.54, 1.807) is 31.2 Å². The van der Waals surface area contributed by atoms with Gasteiger partial charge < -0.3 is 9.47 Å². The summed E-state index contributed by atoms with van der Waals surface area (Å²) in [4.78, 5) is 28.7. The van der Waals surface area contributed by atoms with Gasteiger partial charge >= 0.3 is 5.97 Å². The van der Waals surface area contributed by atoms with Crippen LogP contribution in [-0.4, -0.2) is 29.6 Å². The summed E-state index contributed by atoms with van der Waals surface area (Å²) in [6.07, 6.45) is -0.828. The van der Waals surface area contributed by atoms with Crippen molar-refractivity contribution < 1.29 is 19.1 Å². The van der Waals surface area contributed by atoms with Crippen molar-refractivity contribution in [1.29, 1.82) is 0 Å². The van der Waals surface area contributed by atoms with Gasteiger partial charge in [0.1, 0.15) is 5.75 Å². The first-order valence-corrected chi connectivity index (χ1v) is 11.3. The fourth-order valence-electron chi connectivity index (χ4n) is 3.09.